The molecule has 0 unspecified atom stereocenters. The Morgan fingerprint density at radius 2 is 1.65 bits per heavy atom. The van der Waals surface area contributed by atoms with E-state index in [0.717, 1.165) is 10.8 Å². The maximum Gasteiger partial charge on any atom is 0.303 e. The Morgan fingerprint density at radius 1 is 0.919 bits per heavy atom. The number of rotatable bonds is 10. The molecule has 6 nitrogen and oxygen atoms in total. The molecule has 8 heteroatoms. The quantitative estimate of drug-likeness (QED) is 0.261. The third kappa shape index (κ3) is 6.70. The fraction of sp³-hybridized carbons (Fsp3) is 0.345. The predicted molar refractivity (Wildman–Crippen MR) is 135 cm³/mol. The fourth-order valence-electron chi connectivity index (χ4n) is 4.74. The summed E-state index contributed by atoms with van der Waals surface area (Å²) in [4.78, 5) is 35.8. The SMILES string of the molecule is O=C(O)CC1CCC(Oc2ccc(C(=O)CCCNC(=O)c3ccc4ccccc4c3)c(F)c2F)CC1. The van der Waals surface area contributed by atoms with Crippen LogP contribution in [-0.2, 0) is 4.79 Å². The summed E-state index contributed by atoms with van der Waals surface area (Å²) in [5.74, 6) is -4.31. The van der Waals surface area contributed by atoms with Crippen molar-refractivity contribution in [3.05, 3.63) is 77.4 Å². The largest absolute Gasteiger partial charge is 0.487 e. The highest BCUT2D eigenvalue weighted by molar-refractivity contribution is 5.99. The number of carboxylic acid groups (broad SMARTS) is 1. The average molecular weight is 510 g/mol. The molecule has 194 valence electrons. The van der Waals surface area contributed by atoms with E-state index in [-0.39, 0.29) is 55.0 Å². The Balaban J connectivity index is 1.26. The number of fused-ring (bicyclic) bond motifs is 1. The van der Waals surface area contributed by atoms with Gasteiger partial charge in [0.05, 0.1) is 11.7 Å². The summed E-state index contributed by atoms with van der Waals surface area (Å²) in [7, 11) is 0. The molecule has 0 aromatic heterocycles. The molecule has 0 bridgehead atoms. The van der Waals surface area contributed by atoms with Gasteiger partial charge < -0.3 is 15.2 Å². The molecule has 0 heterocycles. The maximum absolute atomic E-state index is 14.6. The number of ketones is 1. The van der Waals surface area contributed by atoms with E-state index in [9.17, 15) is 23.2 Å². The highest BCUT2D eigenvalue weighted by Crippen LogP contribution is 2.32. The van der Waals surface area contributed by atoms with E-state index in [4.69, 9.17) is 9.84 Å². The molecule has 0 aliphatic heterocycles. The molecule has 3 aromatic rings. The van der Waals surface area contributed by atoms with Gasteiger partial charge in [0.25, 0.3) is 5.91 Å². The highest BCUT2D eigenvalue weighted by Gasteiger charge is 2.26. The molecule has 2 N–H and O–H groups in total. The van der Waals surface area contributed by atoms with Crippen LogP contribution in [0, 0.1) is 17.6 Å². The Kier molecular flexibility index (Phi) is 8.48. The summed E-state index contributed by atoms with van der Waals surface area (Å²) in [5.41, 5.74) is 0.153. The van der Waals surface area contributed by atoms with E-state index >= 15 is 0 Å². The lowest BCUT2D eigenvalue weighted by Crippen LogP contribution is -2.26. The maximum atomic E-state index is 14.6. The normalized spacial score (nSPS) is 17.4. The average Bonchev–Trinajstić information content (AvgIpc) is 2.89. The molecule has 1 aliphatic rings. The van der Waals surface area contributed by atoms with Crippen molar-refractivity contribution < 1.29 is 33.0 Å². The van der Waals surface area contributed by atoms with Gasteiger partial charge in [-0.1, -0.05) is 30.3 Å². The van der Waals surface area contributed by atoms with Gasteiger partial charge in [-0.15, -0.1) is 0 Å². The van der Waals surface area contributed by atoms with E-state index in [0.29, 0.717) is 31.2 Å². The van der Waals surface area contributed by atoms with Crippen LogP contribution in [0.4, 0.5) is 8.78 Å². The van der Waals surface area contributed by atoms with Gasteiger partial charge in [-0.05, 0) is 73.1 Å². The fourth-order valence-corrected chi connectivity index (χ4v) is 4.74. The van der Waals surface area contributed by atoms with Gasteiger partial charge in [-0.3, -0.25) is 14.4 Å². The van der Waals surface area contributed by atoms with E-state index in [1.54, 1.807) is 12.1 Å². The summed E-state index contributed by atoms with van der Waals surface area (Å²) >= 11 is 0. The third-order valence-electron chi connectivity index (χ3n) is 6.78. The van der Waals surface area contributed by atoms with Crippen molar-refractivity contribution in [3.63, 3.8) is 0 Å². The van der Waals surface area contributed by atoms with Crippen LogP contribution in [0.25, 0.3) is 10.8 Å². The van der Waals surface area contributed by atoms with E-state index in [2.05, 4.69) is 5.32 Å². The van der Waals surface area contributed by atoms with Crippen LogP contribution in [0.5, 0.6) is 5.75 Å². The number of nitrogens with one attached hydrogen (secondary N) is 1. The Hall–Kier alpha value is -3.81. The zero-order chi connectivity index (χ0) is 26.4. The van der Waals surface area contributed by atoms with E-state index in [1.807, 2.05) is 30.3 Å². The van der Waals surface area contributed by atoms with Gasteiger partial charge in [-0.25, -0.2) is 4.39 Å². The van der Waals surface area contributed by atoms with E-state index in [1.165, 1.54) is 12.1 Å². The number of hydrogen-bond acceptors (Lipinski definition) is 4. The second kappa shape index (κ2) is 12.0. The van der Waals surface area contributed by atoms with Crippen LogP contribution < -0.4 is 10.1 Å². The van der Waals surface area contributed by atoms with Crippen LogP contribution in [0.3, 0.4) is 0 Å². The number of carbonyl (C=O) groups is 3. The summed E-state index contributed by atoms with van der Waals surface area (Å²) in [6.45, 7) is 0.216. The minimum atomic E-state index is -1.25. The van der Waals surface area contributed by atoms with Crippen molar-refractivity contribution in [2.45, 2.75) is 51.0 Å². The Bertz CT molecular complexity index is 1300. The predicted octanol–water partition coefficient (Wildman–Crippen LogP) is 5.92. The van der Waals surface area contributed by atoms with Crippen molar-refractivity contribution in [1.29, 1.82) is 0 Å². The number of carbonyl (C=O) groups excluding carboxylic acids is 2. The molecular weight excluding hydrogens is 480 g/mol. The molecule has 0 atom stereocenters. The van der Waals surface area contributed by atoms with E-state index < -0.39 is 23.4 Å². The molecule has 4 rings (SSSR count). The summed E-state index contributed by atoms with van der Waals surface area (Å²) in [6, 6.07) is 15.6. The van der Waals surface area contributed by atoms with Crippen molar-refractivity contribution in [2.75, 3.05) is 6.54 Å². The third-order valence-corrected chi connectivity index (χ3v) is 6.78. The number of ether oxygens (including phenoxy) is 1. The van der Waals surface area contributed by atoms with Crippen molar-refractivity contribution in [2.24, 2.45) is 5.92 Å². The van der Waals surface area contributed by atoms with Crippen LogP contribution in [0.15, 0.2) is 54.6 Å². The molecule has 0 spiro atoms. The zero-order valence-corrected chi connectivity index (χ0v) is 20.3. The second-order valence-electron chi connectivity index (χ2n) is 9.44. The first-order valence-electron chi connectivity index (χ1n) is 12.5. The zero-order valence-electron chi connectivity index (χ0n) is 20.3. The standard InChI is InChI=1S/C29H29F2NO5/c30-27-23(13-14-25(28(27)31)37-22-11-7-18(8-12-22)16-26(34)35)24(33)6-3-15-32-29(36)21-10-9-19-4-1-2-5-20(19)17-21/h1-2,4-5,9-10,13-14,17-18,22H,3,6-8,11-12,15-16H2,(H,32,36)(H,34,35). The van der Waals surface area contributed by atoms with Crippen molar-refractivity contribution in [3.8, 4) is 5.75 Å². The lowest BCUT2D eigenvalue weighted by molar-refractivity contribution is -0.138. The van der Waals surface area contributed by atoms with Gasteiger partial charge in [0.15, 0.2) is 17.3 Å². The summed E-state index contributed by atoms with van der Waals surface area (Å²) < 4.78 is 34.9. The lowest BCUT2D eigenvalue weighted by atomic mass is 9.85. The molecule has 1 aliphatic carbocycles. The number of benzene rings is 3. The second-order valence-corrected chi connectivity index (χ2v) is 9.44. The molecular formula is C29H29F2NO5. The number of carboxylic acids is 1. The van der Waals surface area contributed by atoms with Crippen molar-refractivity contribution in [1.82, 2.24) is 5.32 Å². The van der Waals surface area contributed by atoms with Crippen LogP contribution in [0.2, 0.25) is 0 Å². The van der Waals surface area contributed by atoms with Crippen LogP contribution >= 0.6 is 0 Å². The Labute approximate surface area is 213 Å². The number of aliphatic carboxylic acids is 1. The van der Waals surface area contributed by atoms with Crippen LogP contribution in [-0.4, -0.2) is 35.4 Å². The number of hydrogen-bond donors (Lipinski definition) is 2. The first kappa shape index (κ1) is 26.3. The molecule has 0 radical (unpaired) electrons. The Morgan fingerprint density at radius 3 is 2.38 bits per heavy atom. The van der Waals surface area contributed by atoms with Crippen LogP contribution in [0.1, 0.15) is 65.7 Å². The highest BCUT2D eigenvalue weighted by atomic mass is 19.2. The first-order chi connectivity index (χ1) is 17.8. The van der Waals surface area contributed by atoms with Gasteiger partial charge in [0, 0.05) is 24.9 Å². The number of halogens is 2. The lowest BCUT2D eigenvalue weighted by Gasteiger charge is -2.28. The molecule has 1 fully saturated rings. The molecule has 3 aromatic carbocycles. The molecule has 0 saturated heterocycles. The van der Waals surface area contributed by atoms with Gasteiger partial charge >= 0.3 is 5.97 Å². The van der Waals surface area contributed by atoms with Crippen molar-refractivity contribution >= 4 is 28.4 Å². The molecule has 1 saturated carbocycles. The molecule has 37 heavy (non-hydrogen) atoms. The summed E-state index contributed by atoms with van der Waals surface area (Å²) in [5, 5.41) is 13.6. The topological polar surface area (TPSA) is 92.7 Å². The minimum absolute atomic E-state index is 0.0534. The van der Waals surface area contributed by atoms with Gasteiger partial charge in [0.2, 0.25) is 5.82 Å². The minimum Gasteiger partial charge on any atom is -0.487 e. The first-order valence-corrected chi connectivity index (χ1v) is 12.5. The molecule has 1 amide bonds. The smallest absolute Gasteiger partial charge is 0.303 e. The summed E-state index contributed by atoms with van der Waals surface area (Å²) in [6.07, 6.45) is 2.41. The number of Topliss-reactive ketones (excluding diaryl/α,β-unsaturated/α-hetero) is 1. The monoisotopic (exact) mass is 509 g/mol. The number of amides is 1. The van der Waals surface area contributed by atoms with Gasteiger partial charge in [0.1, 0.15) is 0 Å². The van der Waals surface area contributed by atoms with Gasteiger partial charge in [-0.2, -0.15) is 4.39 Å².